The average Bonchev–Trinajstić information content (AvgIpc) is 2.86. The average molecular weight is 559 g/mol. The van der Waals surface area contributed by atoms with Crippen LogP contribution < -0.4 is 20.1 Å². The summed E-state index contributed by atoms with van der Waals surface area (Å²) in [6, 6.07) is 9.19. The summed E-state index contributed by atoms with van der Waals surface area (Å²) in [5.74, 6) is -4.86. The van der Waals surface area contributed by atoms with Gasteiger partial charge in [-0.15, -0.1) is 0 Å². The number of amides is 2. The molecule has 6 N–H and O–H groups in total. The van der Waals surface area contributed by atoms with Crippen molar-refractivity contribution in [1.29, 1.82) is 0 Å². The minimum Gasteiger partial charge on any atom is -0.481 e. The predicted octanol–water partition coefficient (Wildman–Crippen LogP) is 2.92. The minimum atomic E-state index is -1.76. The summed E-state index contributed by atoms with van der Waals surface area (Å²) < 4.78 is 10.8. The molecule has 0 aliphatic heterocycles. The minimum absolute atomic E-state index is 0.0575. The lowest BCUT2D eigenvalue weighted by atomic mass is 9.98. The molecule has 13 heteroatoms. The number of benzene rings is 2. The van der Waals surface area contributed by atoms with Crippen LogP contribution in [0.15, 0.2) is 42.5 Å². The van der Waals surface area contributed by atoms with Gasteiger partial charge >= 0.3 is 30.1 Å². The number of rotatable bonds is 13. The molecule has 0 aromatic heterocycles. The van der Waals surface area contributed by atoms with Gasteiger partial charge in [-0.3, -0.25) is 9.59 Å². The molecule has 0 saturated carbocycles. The Kier molecular flexibility index (Phi) is 11.6. The first-order valence-electron chi connectivity index (χ1n) is 12.0. The van der Waals surface area contributed by atoms with Gasteiger partial charge in [0.15, 0.2) is 0 Å². The Hall–Kier alpha value is -4.91. The van der Waals surface area contributed by atoms with Crippen LogP contribution in [0.5, 0.6) is 11.5 Å². The van der Waals surface area contributed by atoms with E-state index in [0.717, 1.165) is 5.56 Å². The van der Waals surface area contributed by atoms with Crippen molar-refractivity contribution in [3.8, 4) is 11.5 Å². The van der Waals surface area contributed by atoms with E-state index in [-0.39, 0.29) is 17.1 Å². The summed E-state index contributed by atoms with van der Waals surface area (Å²) in [5, 5.41) is 40.7. The van der Waals surface area contributed by atoms with E-state index in [4.69, 9.17) is 19.7 Å². The first-order valence-corrected chi connectivity index (χ1v) is 12.0. The molecule has 2 rings (SSSR count). The zero-order valence-electron chi connectivity index (χ0n) is 21.7. The van der Waals surface area contributed by atoms with Crippen molar-refractivity contribution >= 4 is 42.2 Å². The van der Waals surface area contributed by atoms with E-state index in [2.05, 4.69) is 5.32 Å². The van der Waals surface area contributed by atoms with E-state index in [1.165, 1.54) is 12.1 Å². The lowest BCUT2D eigenvalue weighted by molar-refractivity contribution is -0.145. The lowest BCUT2D eigenvalue weighted by Gasteiger charge is -2.20. The van der Waals surface area contributed by atoms with Crippen LogP contribution in [-0.4, -0.2) is 69.2 Å². The molecule has 0 heterocycles. The highest BCUT2D eigenvalue weighted by atomic mass is 16.6. The quantitative estimate of drug-likeness (QED) is 0.197. The molecule has 0 saturated heterocycles. The highest BCUT2D eigenvalue weighted by molar-refractivity contribution is 5.85. The zero-order valence-corrected chi connectivity index (χ0v) is 21.7. The molecule has 2 unspecified atom stereocenters. The summed E-state index contributed by atoms with van der Waals surface area (Å²) >= 11 is 0. The molecular weight excluding hydrogens is 528 g/mol. The number of aliphatic hydroxyl groups excluding tert-OH is 1. The Labute approximate surface area is 229 Å². The Bertz CT molecular complexity index is 1260. The van der Waals surface area contributed by atoms with Crippen LogP contribution in [0, 0.1) is 0 Å². The molecule has 214 valence electrons. The van der Waals surface area contributed by atoms with Crippen molar-refractivity contribution < 1.29 is 53.9 Å². The predicted molar refractivity (Wildman–Crippen MR) is 141 cm³/mol. The molecule has 2 amide bonds. The van der Waals surface area contributed by atoms with Crippen molar-refractivity contribution in [2.45, 2.75) is 44.7 Å². The Morgan fingerprint density at radius 3 is 1.80 bits per heavy atom. The van der Waals surface area contributed by atoms with Crippen LogP contribution in [-0.2, 0) is 14.4 Å². The molecule has 0 fully saturated rings. The normalized spacial score (nSPS) is 12.4. The second-order valence-corrected chi connectivity index (χ2v) is 8.86. The van der Waals surface area contributed by atoms with Gasteiger partial charge in [0.2, 0.25) is 0 Å². The van der Waals surface area contributed by atoms with Crippen molar-refractivity contribution in [3.05, 3.63) is 59.2 Å². The maximum absolute atomic E-state index is 12.6. The molecule has 0 spiro atoms. The number of aliphatic hydroxyl groups is 1. The van der Waals surface area contributed by atoms with E-state index in [9.17, 15) is 34.2 Å². The smallest absolute Gasteiger partial charge is 0.413 e. The summed E-state index contributed by atoms with van der Waals surface area (Å²) in [7, 11) is 0. The largest absolute Gasteiger partial charge is 0.481 e. The SMILES string of the molecule is CC(C)c1c(OC(=O)NC(CO)CC(=O)O)cc(/C=C/c2ccccc2)cc1OC(=O)NC(CC(=O)O)C(=O)O. The zero-order chi connectivity index (χ0) is 29.8. The first-order chi connectivity index (χ1) is 18.9. The molecular formula is C27H30N2O11. The van der Waals surface area contributed by atoms with Gasteiger partial charge in [0.05, 0.1) is 25.5 Å². The topological polar surface area (TPSA) is 209 Å². The number of carboxylic acid groups (broad SMARTS) is 3. The van der Waals surface area contributed by atoms with E-state index in [1.54, 1.807) is 26.0 Å². The molecule has 0 radical (unpaired) electrons. The molecule has 13 nitrogen and oxygen atoms in total. The monoisotopic (exact) mass is 558 g/mol. The fraction of sp³-hybridized carbons (Fsp3) is 0.296. The summed E-state index contributed by atoms with van der Waals surface area (Å²) in [6.45, 7) is 2.75. The number of hydrogen-bond acceptors (Lipinski definition) is 8. The van der Waals surface area contributed by atoms with Crippen molar-refractivity contribution in [2.75, 3.05) is 6.61 Å². The van der Waals surface area contributed by atoms with E-state index < -0.39 is 67.5 Å². The van der Waals surface area contributed by atoms with Gasteiger partial charge < -0.3 is 40.5 Å². The second-order valence-electron chi connectivity index (χ2n) is 8.86. The fourth-order valence-electron chi connectivity index (χ4n) is 3.53. The lowest BCUT2D eigenvalue weighted by Crippen LogP contribution is -2.43. The highest BCUT2D eigenvalue weighted by Gasteiger charge is 2.26. The Morgan fingerprint density at radius 1 is 0.800 bits per heavy atom. The third-order valence-corrected chi connectivity index (χ3v) is 5.31. The third-order valence-electron chi connectivity index (χ3n) is 5.31. The number of carboxylic acids is 3. The van der Waals surface area contributed by atoms with Crippen LogP contribution in [0.1, 0.15) is 49.3 Å². The molecule has 40 heavy (non-hydrogen) atoms. The molecule has 2 atom stereocenters. The fourth-order valence-corrected chi connectivity index (χ4v) is 3.53. The van der Waals surface area contributed by atoms with Crippen LogP contribution in [0.3, 0.4) is 0 Å². The summed E-state index contributed by atoms with van der Waals surface area (Å²) in [4.78, 5) is 58.5. The number of carbonyl (C=O) groups is 5. The third kappa shape index (κ3) is 10.1. The molecule has 0 bridgehead atoms. The molecule has 2 aromatic rings. The van der Waals surface area contributed by atoms with Crippen LogP contribution in [0.4, 0.5) is 9.59 Å². The number of aliphatic carboxylic acids is 3. The second kappa shape index (κ2) is 14.9. The summed E-state index contributed by atoms with van der Waals surface area (Å²) in [5.41, 5.74) is 1.46. The van der Waals surface area contributed by atoms with Crippen LogP contribution in [0.25, 0.3) is 12.2 Å². The number of ether oxygens (including phenoxy) is 2. The van der Waals surface area contributed by atoms with Gasteiger partial charge in [-0.25, -0.2) is 14.4 Å². The van der Waals surface area contributed by atoms with Crippen LogP contribution >= 0.6 is 0 Å². The van der Waals surface area contributed by atoms with Gasteiger partial charge in [0.1, 0.15) is 17.5 Å². The van der Waals surface area contributed by atoms with E-state index in [1.807, 2.05) is 35.6 Å². The van der Waals surface area contributed by atoms with Gasteiger partial charge in [-0.05, 0) is 29.2 Å². The maximum atomic E-state index is 12.6. The molecule has 2 aromatic carbocycles. The maximum Gasteiger partial charge on any atom is 0.413 e. The molecule has 0 aliphatic rings. The standard InChI is InChI=1S/C27H30N2O11/c1-15(2)24-20(39-26(37)28-18(14-30)12-22(31)32)10-17(9-8-16-6-4-3-5-7-16)11-21(24)40-27(38)29-19(25(35)36)13-23(33)34/h3-11,15,18-19,30H,12-14H2,1-2H3,(H,28,37)(H,29,38)(H,31,32)(H,33,34)(H,35,36)/b9-8+. The molecule has 0 aliphatic carbocycles. The number of nitrogens with one attached hydrogen (secondary N) is 2. The van der Waals surface area contributed by atoms with Crippen molar-refractivity contribution in [2.24, 2.45) is 0 Å². The van der Waals surface area contributed by atoms with Gasteiger partial charge in [0.25, 0.3) is 0 Å². The van der Waals surface area contributed by atoms with Gasteiger partial charge in [0, 0.05) is 5.56 Å². The van der Waals surface area contributed by atoms with Crippen LogP contribution in [0.2, 0.25) is 0 Å². The van der Waals surface area contributed by atoms with Crippen molar-refractivity contribution in [3.63, 3.8) is 0 Å². The van der Waals surface area contributed by atoms with Gasteiger partial charge in [-0.2, -0.15) is 0 Å². The number of hydrogen-bond donors (Lipinski definition) is 6. The Morgan fingerprint density at radius 2 is 1.32 bits per heavy atom. The first kappa shape index (κ1) is 31.3. The van der Waals surface area contributed by atoms with Gasteiger partial charge in [-0.1, -0.05) is 56.3 Å². The highest BCUT2D eigenvalue weighted by Crippen LogP contribution is 2.37. The van der Waals surface area contributed by atoms with E-state index in [0.29, 0.717) is 5.56 Å². The summed E-state index contributed by atoms with van der Waals surface area (Å²) in [6.07, 6.45) is -0.400. The Balaban J connectivity index is 2.47. The van der Waals surface area contributed by atoms with E-state index >= 15 is 0 Å². The van der Waals surface area contributed by atoms with Crippen molar-refractivity contribution in [1.82, 2.24) is 10.6 Å². The number of carbonyl (C=O) groups excluding carboxylic acids is 2.